The third kappa shape index (κ3) is 2.89. The number of rotatable bonds is 2. The number of ether oxygens (including phenoxy) is 1. The van der Waals surface area contributed by atoms with Crippen LogP contribution in [0.2, 0.25) is 0 Å². The number of anilines is 1. The Kier molecular flexibility index (Phi) is 3.67. The first-order valence-electron chi connectivity index (χ1n) is 5.89. The van der Waals surface area contributed by atoms with E-state index < -0.39 is 0 Å². The summed E-state index contributed by atoms with van der Waals surface area (Å²) in [5.41, 5.74) is 2.20. The Hall–Kier alpha value is -1.22. The van der Waals surface area contributed by atoms with Crippen LogP contribution >= 0.6 is 0 Å². The van der Waals surface area contributed by atoms with E-state index in [1.54, 1.807) is 12.1 Å². The number of phenolic OH excluding ortho intramolecular Hbond substituents is 1. The van der Waals surface area contributed by atoms with E-state index in [1.807, 2.05) is 13.0 Å². The summed E-state index contributed by atoms with van der Waals surface area (Å²) in [6, 6.07) is 5.94. The second kappa shape index (κ2) is 5.21. The second-order valence-corrected chi connectivity index (χ2v) is 4.38. The average Bonchev–Trinajstić information content (AvgIpc) is 2.51. The van der Waals surface area contributed by atoms with Crippen molar-refractivity contribution >= 4 is 5.69 Å². The SMILES string of the molecule is Cc1cc(O)ccc1NC1CCCOCC1. The van der Waals surface area contributed by atoms with Crippen LogP contribution in [0.15, 0.2) is 18.2 Å². The first kappa shape index (κ1) is 11.3. The highest BCUT2D eigenvalue weighted by molar-refractivity contribution is 5.53. The lowest BCUT2D eigenvalue weighted by Crippen LogP contribution is -2.20. The molecule has 0 bridgehead atoms. The molecule has 0 spiro atoms. The largest absolute Gasteiger partial charge is 0.508 e. The predicted octanol–water partition coefficient (Wildman–Crippen LogP) is 2.68. The molecule has 2 rings (SSSR count). The van der Waals surface area contributed by atoms with E-state index in [0.717, 1.165) is 43.7 Å². The minimum Gasteiger partial charge on any atom is -0.508 e. The number of benzene rings is 1. The summed E-state index contributed by atoms with van der Waals surface area (Å²) in [5, 5.41) is 12.9. The molecule has 3 heteroatoms. The average molecular weight is 221 g/mol. The minimum atomic E-state index is 0.326. The molecule has 1 unspecified atom stereocenters. The molecule has 1 aliphatic heterocycles. The molecular formula is C13H19NO2. The van der Waals surface area contributed by atoms with Crippen LogP contribution in [0.25, 0.3) is 0 Å². The number of aryl methyl sites for hydroxylation is 1. The molecule has 0 amide bonds. The Labute approximate surface area is 96.4 Å². The summed E-state index contributed by atoms with van der Waals surface area (Å²) in [6.07, 6.45) is 3.33. The van der Waals surface area contributed by atoms with Crippen molar-refractivity contribution in [3.63, 3.8) is 0 Å². The van der Waals surface area contributed by atoms with Crippen molar-refractivity contribution in [3.8, 4) is 5.75 Å². The Bertz CT molecular complexity index is 344. The maximum Gasteiger partial charge on any atom is 0.115 e. The molecule has 88 valence electrons. The van der Waals surface area contributed by atoms with Gasteiger partial charge in [0, 0.05) is 24.9 Å². The lowest BCUT2D eigenvalue weighted by Gasteiger charge is -2.18. The van der Waals surface area contributed by atoms with Gasteiger partial charge in [-0.15, -0.1) is 0 Å². The standard InChI is InChI=1S/C13H19NO2/c1-10-9-12(15)4-5-13(10)14-11-3-2-7-16-8-6-11/h4-5,9,11,14-15H,2-3,6-8H2,1H3. The van der Waals surface area contributed by atoms with Crippen molar-refractivity contribution in [1.29, 1.82) is 0 Å². The summed E-state index contributed by atoms with van der Waals surface area (Å²) >= 11 is 0. The molecule has 1 fully saturated rings. The van der Waals surface area contributed by atoms with E-state index in [-0.39, 0.29) is 0 Å². The highest BCUT2D eigenvalue weighted by Crippen LogP contribution is 2.22. The normalized spacial score (nSPS) is 21.4. The zero-order valence-corrected chi connectivity index (χ0v) is 9.70. The van der Waals surface area contributed by atoms with Gasteiger partial charge in [0.05, 0.1) is 0 Å². The molecule has 3 nitrogen and oxygen atoms in total. The molecule has 0 aromatic heterocycles. The monoisotopic (exact) mass is 221 g/mol. The molecule has 1 heterocycles. The van der Waals surface area contributed by atoms with Gasteiger partial charge in [-0.1, -0.05) is 0 Å². The van der Waals surface area contributed by atoms with Crippen LogP contribution in [-0.4, -0.2) is 24.4 Å². The van der Waals surface area contributed by atoms with Gasteiger partial charge in [0.25, 0.3) is 0 Å². The van der Waals surface area contributed by atoms with Gasteiger partial charge < -0.3 is 15.2 Å². The summed E-state index contributed by atoms with van der Waals surface area (Å²) in [5.74, 6) is 0.326. The van der Waals surface area contributed by atoms with Gasteiger partial charge in [0.1, 0.15) is 5.75 Å². The van der Waals surface area contributed by atoms with E-state index in [0.29, 0.717) is 11.8 Å². The van der Waals surface area contributed by atoms with Gasteiger partial charge in [-0.3, -0.25) is 0 Å². The van der Waals surface area contributed by atoms with Gasteiger partial charge in [-0.05, 0) is 49.9 Å². The fourth-order valence-electron chi connectivity index (χ4n) is 2.08. The van der Waals surface area contributed by atoms with Gasteiger partial charge in [-0.2, -0.15) is 0 Å². The van der Waals surface area contributed by atoms with Crippen LogP contribution in [0.4, 0.5) is 5.69 Å². The molecule has 1 saturated heterocycles. The molecule has 0 aliphatic carbocycles. The first-order valence-corrected chi connectivity index (χ1v) is 5.89. The molecule has 0 radical (unpaired) electrons. The molecule has 2 N–H and O–H groups in total. The van der Waals surface area contributed by atoms with Gasteiger partial charge in [-0.25, -0.2) is 0 Å². The van der Waals surface area contributed by atoms with Crippen LogP contribution < -0.4 is 5.32 Å². The van der Waals surface area contributed by atoms with Crippen LogP contribution in [0.3, 0.4) is 0 Å². The molecule has 1 aliphatic rings. The van der Waals surface area contributed by atoms with Crippen LogP contribution in [0, 0.1) is 6.92 Å². The van der Waals surface area contributed by atoms with Gasteiger partial charge >= 0.3 is 0 Å². The van der Waals surface area contributed by atoms with Crippen LogP contribution in [0.1, 0.15) is 24.8 Å². The van der Waals surface area contributed by atoms with E-state index in [9.17, 15) is 5.11 Å². The van der Waals surface area contributed by atoms with Crippen molar-refractivity contribution < 1.29 is 9.84 Å². The summed E-state index contributed by atoms with van der Waals surface area (Å²) in [7, 11) is 0. The maximum atomic E-state index is 9.34. The minimum absolute atomic E-state index is 0.326. The molecule has 1 aromatic rings. The number of hydrogen-bond acceptors (Lipinski definition) is 3. The summed E-state index contributed by atoms with van der Waals surface area (Å²) in [4.78, 5) is 0. The zero-order valence-electron chi connectivity index (χ0n) is 9.70. The third-order valence-electron chi connectivity index (χ3n) is 3.02. The van der Waals surface area contributed by atoms with E-state index in [1.165, 1.54) is 0 Å². The fraction of sp³-hybridized carbons (Fsp3) is 0.538. The predicted molar refractivity (Wildman–Crippen MR) is 64.9 cm³/mol. The quantitative estimate of drug-likeness (QED) is 0.754. The van der Waals surface area contributed by atoms with Crippen molar-refractivity contribution in [2.75, 3.05) is 18.5 Å². The number of phenols is 1. The number of aromatic hydroxyl groups is 1. The first-order chi connectivity index (χ1) is 7.75. The van der Waals surface area contributed by atoms with Crippen molar-refractivity contribution in [1.82, 2.24) is 0 Å². The van der Waals surface area contributed by atoms with Crippen molar-refractivity contribution in [2.45, 2.75) is 32.2 Å². The van der Waals surface area contributed by atoms with Gasteiger partial charge in [0.2, 0.25) is 0 Å². The lowest BCUT2D eigenvalue weighted by atomic mass is 10.1. The van der Waals surface area contributed by atoms with E-state index in [2.05, 4.69) is 5.32 Å². The smallest absolute Gasteiger partial charge is 0.115 e. The lowest BCUT2D eigenvalue weighted by molar-refractivity contribution is 0.144. The van der Waals surface area contributed by atoms with Crippen LogP contribution in [0.5, 0.6) is 5.75 Å². The Morgan fingerprint density at radius 2 is 2.19 bits per heavy atom. The molecule has 1 aromatic carbocycles. The van der Waals surface area contributed by atoms with Crippen molar-refractivity contribution in [3.05, 3.63) is 23.8 Å². The van der Waals surface area contributed by atoms with Crippen molar-refractivity contribution in [2.24, 2.45) is 0 Å². The fourth-order valence-corrected chi connectivity index (χ4v) is 2.08. The van der Waals surface area contributed by atoms with Gasteiger partial charge in [0.15, 0.2) is 0 Å². The molecule has 16 heavy (non-hydrogen) atoms. The summed E-state index contributed by atoms with van der Waals surface area (Å²) < 4.78 is 5.43. The Morgan fingerprint density at radius 1 is 1.31 bits per heavy atom. The third-order valence-corrected chi connectivity index (χ3v) is 3.02. The molecule has 0 saturated carbocycles. The maximum absolute atomic E-state index is 9.34. The number of nitrogens with one attached hydrogen (secondary N) is 1. The molecule has 1 atom stereocenters. The second-order valence-electron chi connectivity index (χ2n) is 4.38. The topological polar surface area (TPSA) is 41.5 Å². The summed E-state index contributed by atoms with van der Waals surface area (Å²) in [6.45, 7) is 3.73. The highest BCUT2D eigenvalue weighted by Gasteiger charge is 2.12. The number of hydrogen-bond donors (Lipinski definition) is 2. The highest BCUT2D eigenvalue weighted by atomic mass is 16.5. The van der Waals surface area contributed by atoms with E-state index >= 15 is 0 Å². The molecular weight excluding hydrogens is 202 g/mol. The Morgan fingerprint density at radius 3 is 3.00 bits per heavy atom. The zero-order chi connectivity index (χ0) is 11.4. The van der Waals surface area contributed by atoms with Crippen LogP contribution in [-0.2, 0) is 4.74 Å². The Balaban J connectivity index is 2.01. The van der Waals surface area contributed by atoms with E-state index in [4.69, 9.17) is 4.74 Å².